The van der Waals surface area contributed by atoms with Crippen molar-refractivity contribution in [2.75, 3.05) is 0 Å². The van der Waals surface area contributed by atoms with Crippen LogP contribution >= 0.6 is 23.2 Å². The van der Waals surface area contributed by atoms with E-state index in [1.165, 1.54) is 24.6 Å². The molecule has 0 radical (unpaired) electrons. The normalized spacial score (nSPS) is 11.0. The number of pyridine rings is 2. The number of hydrogen-bond donors (Lipinski definition) is 0. The van der Waals surface area contributed by atoms with Crippen LogP contribution in [0, 0.1) is 0 Å². The molecule has 6 rings (SSSR count). The van der Waals surface area contributed by atoms with Crippen LogP contribution in [0.1, 0.15) is 11.1 Å². The van der Waals surface area contributed by atoms with Crippen LogP contribution in [0.2, 0.25) is 10.0 Å². The zero-order valence-electron chi connectivity index (χ0n) is 21.3. The van der Waals surface area contributed by atoms with Gasteiger partial charge in [-0.1, -0.05) is 83.2 Å². The standard InChI is InChI=1S/2C16H11ClN2O.Fe/c2*17-13-6-7-15(20)12(9-13)10-19-14-5-1-3-11-4-2-8-18-16(11)14;/h2*1-10,20H;/q;;+2/p-2. The Morgan fingerprint density at radius 2 is 0.976 bits per heavy atom. The molecule has 0 bridgehead atoms. The molecule has 0 N–H and O–H groups in total. The number of hydrogen-bond acceptors (Lipinski definition) is 6. The van der Waals surface area contributed by atoms with E-state index in [0.717, 1.165) is 33.2 Å². The van der Waals surface area contributed by atoms with Crippen LogP contribution in [0.15, 0.2) is 119 Å². The van der Waals surface area contributed by atoms with Crippen molar-refractivity contribution >= 4 is 68.8 Å². The molecule has 202 valence electrons. The molecular formula is C32H20Cl2FeN4O2. The molecule has 4 aromatic carbocycles. The minimum absolute atomic E-state index is 0. The summed E-state index contributed by atoms with van der Waals surface area (Å²) in [5, 5.41) is 26.4. The fraction of sp³-hybridized carbons (Fsp3) is 0. The van der Waals surface area contributed by atoms with Gasteiger partial charge < -0.3 is 10.2 Å². The van der Waals surface area contributed by atoms with Crippen LogP contribution in [-0.2, 0) is 17.1 Å². The van der Waals surface area contributed by atoms with E-state index >= 15 is 0 Å². The first kappa shape index (κ1) is 29.7. The molecule has 0 unspecified atom stereocenters. The van der Waals surface area contributed by atoms with Gasteiger partial charge in [0.1, 0.15) is 0 Å². The summed E-state index contributed by atoms with van der Waals surface area (Å²) in [7, 11) is 0. The van der Waals surface area contributed by atoms with Gasteiger partial charge in [-0.15, -0.1) is 0 Å². The van der Waals surface area contributed by atoms with E-state index in [1.54, 1.807) is 36.7 Å². The maximum absolute atomic E-state index is 11.7. The van der Waals surface area contributed by atoms with Crippen LogP contribution < -0.4 is 10.2 Å². The molecular weight excluding hydrogens is 599 g/mol. The molecule has 9 heteroatoms. The summed E-state index contributed by atoms with van der Waals surface area (Å²) in [5.74, 6) is -0.210. The van der Waals surface area contributed by atoms with E-state index in [2.05, 4.69) is 20.0 Å². The van der Waals surface area contributed by atoms with Gasteiger partial charge in [0.25, 0.3) is 0 Å². The van der Waals surface area contributed by atoms with Crippen molar-refractivity contribution in [3.05, 3.63) is 131 Å². The van der Waals surface area contributed by atoms with Crippen molar-refractivity contribution in [1.82, 2.24) is 9.97 Å². The van der Waals surface area contributed by atoms with Crippen LogP contribution in [-0.4, -0.2) is 22.4 Å². The van der Waals surface area contributed by atoms with Gasteiger partial charge in [-0.25, -0.2) is 0 Å². The van der Waals surface area contributed by atoms with Gasteiger partial charge in [0.15, 0.2) is 0 Å². The maximum Gasteiger partial charge on any atom is 2.00 e. The van der Waals surface area contributed by atoms with Crippen LogP contribution in [0.3, 0.4) is 0 Å². The third kappa shape index (κ3) is 7.48. The second-order valence-electron chi connectivity index (χ2n) is 8.59. The number of nitrogens with zero attached hydrogens (tertiary/aromatic N) is 4. The molecule has 0 amide bonds. The number of aliphatic imine (C=N–C) groups is 2. The Kier molecular flexibility index (Phi) is 10.1. The quantitative estimate of drug-likeness (QED) is 0.152. The Labute approximate surface area is 257 Å². The van der Waals surface area contributed by atoms with Gasteiger partial charge in [-0.05, 0) is 59.7 Å². The van der Waals surface area contributed by atoms with Crippen molar-refractivity contribution in [2.45, 2.75) is 0 Å². The number of aromatic nitrogens is 2. The summed E-state index contributed by atoms with van der Waals surface area (Å²) in [6.07, 6.45) is 6.49. The largest absolute Gasteiger partial charge is 2.00 e. The smallest absolute Gasteiger partial charge is 0.872 e. The summed E-state index contributed by atoms with van der Waals surface area (Å²) < 4.78 is 0. The number of benzene rings is 4. The average Bonchev–Trinajstić information content (AvgIpc) is 2.98. The van der Waals surface area contributed by atoms with Gasteiger partial charge in [0, 0.05) is 45.6 Å². The second kappa shape index (κ2) is 13.9. The van der Waals surface area contributed by atoms with E-state index in [9.17, 15) is 10.2 Å². The Hall–Kier alpha value is -4.26. The molecule has 6 nitrogen and oxygen atoms in total. The summed E-state index contributed by atoms with van der Waals surface area (Å²) in [6.45, 7) is 0. The fourth-order valence-corrected chi connectivity index (χ4v) is 4.26. The zero-order valence-corrected chi connectivity index (χ0v) is 23.9. The molecule has 0 aliphatic heterocycles. The summed E-state index contributed by atoms with van der Waals surface area (Å²) in [5.41, 5.74) is 3.99. The first-order valence-electron chi connectivity index (χ1n) is 12.2. The summed E-state index contributed by atoms with van der Waals surface area (Å²) in [4.78, 5) is 17.4. The summed E-state index contributed by atoms with van der Waals surface area (Å²) in [6, 6.07) is 28.4. The van der Waals surface area contributed by atoms with Gasteiger partial charge >= 0.3 is 17.1 Å². The molecule has 0 fully saturated rings. The first-order valence-corrected chi connectivity index (χ1v) is 12.9. The molecule has 0 aliphatic rings. The number of halogens is 2. The minimum atomic E-state index is -0.105. The Balaban J connectivity index is 0.000000184. The second-order valence-corrected chi connectivity index (χ2v) is 9.46. The predicted molar refractivity (Wildman–Crippen MR) is 160 cm³/mol. The molecule has 6 aromatic rings. The minimum Gasteiger partial charge on any atom is -0.872 e. The van der Waals surface area contributed by atoms with E-state index in [0.29, 0.717) is 21.2 Å². The van der Waals surface area contributed by atoms with Crippen LogP contribution in [0.25, 0.3) is 21.8 Å². The molecule has 0 aliphatic carbocycles. The van der Waals surface area contributed by atoms with E-state index in [4.69, 9.17) is 23.2 Å². The SMILES string of the molecule is [Fe+2].[O-]c1ccc(Cl)cc1C=Nc1cccc2cccnc12.[O-]c1ccc(Cl)cc1C=Nc1cccc2cccnc12. The molecule has 0 saturated heterocycles. The molecule has 0 spiro atoms. The molecule has 2 aromatic heterocycles. The Morgan fingerprint density at radius 1 is 0.561 bits per heavy atom. The van der Waals surface area contributed by atoms with Crippen molar-refractivity contribution < 1.29 is 27.3 Å². The number of fused-ring (bicyclic) bond motifs is 2. The predicted octanol–water partition coefficient (Wildman–Crippen LogP) is 7.42. The average molecular weight is 619 g/mol. The maximum atomic E-state index is 11.7. The molecule has 41 heavy (non-hydrogen) atoms. The van der Waals surface area contributed by atoms with Gasteiger partial charge in [0.05, 0.1) is 22.4 Å². The first-order chi connectivity index (χ1) is 19.5. The topological polar surface area (TPSA) is 96.6 Å². The number of rotatable bonds is 4. The van der Waals surface area contributed by atoms with Crippen molar-refractivity contribution in [2.24, 2.45) is 9.98 Å². The van der Waals surface area contributed by atoms with Crippen molar-refractivity contribution in [1.29, 1.82) is 0 Å². The van der Waals surface area contributed by atoms with Gasteiger partial charge in [-0.3, -0.25) is 20.0 Å². The number of para-hydroxylation sites is 2. The van der Waals surface area contributed by atoms with E-state index < -0.39 is 0 Å². The van der Waals surface area contributed by atoms with Gasteiger partial charge in [-0.2, -0.15) is 0 Å². The molecule has 0 saturated carbocycles. The van der Waals surface area contributed by atoms with Crippen molar-refractivity contribution in [3.63, 3.8) is 0 Å². The summed E-state index contributed by atoms with van der Waals surface area (Å²) >= 11 is 11.8. The zero-order chi connectivity index (χ0) is 27.9. The Bertz CT molecular complexity index is 1730. The van der Waals surface area contributed by atoms with Crippen LogP contribution in [0.4, 0.5) is 11.4 Å². The third-order valence-corrected chi connectivity index (χ3v) is 6.32. The van der Waals surface area contributed by atoms with Gasteiger partial charge in [0.2, 0.25) is 0 Å². The Morgan fingerprint density at radius 3 is 1.41 bits per heavy atom. The van der Waals surface area contributed by atoms with Crippen LogP contribution in [0.5, 0.6) is 11.5 Å². The van der Waals surface area contributed by atoms with Crippen molar-refractivity contribution in [3.8, 4) is 11.5 Å². The molecule has 0 atom stereocenters. The third-order valence-electron chi connectivity index (χ3n) is 5.85. The van der Waals surface area contributed by atoms with E-state index in [-0.39, 0.29) is 28.6 Å². The molecule has 2 heterocycles. The monoisotopic (exact) mass is 618 g/mol. The van der Waals surface area contributed by atoms with E-state index in [1.807, 2.05) is 60.7 Å². The fourth-order valence-electron chi connectivity index (χ4n) is 3.90.